The fourth-order valence-corrected chi connectivity index (χ4v) is 3.09. The number of hydrogen-bond donors (Lipinski definition) is 2. The second kappa shape index (κ2) is 7.51. The predicted molar refractivity (Wildman–Crippen MR) is 90.8 cm³/mol. The average Bonchev–Trinajstić information content (AvgIpc) is 3.10. The van der Waals surface area contributed by atoms with E-state index in [-0.39, 0.29) is 5.82 Å². The third-order valence-corrected chi connectivity index (χ3v) is 4.32. The molecule has 5 heteroatoms. The molecule has 0 radical (unpaired) electrons. The highest BCUT2D eigenvalue weighted by Crippen LogP contribution is 2.34. The summed E-state index contributed by atoms with van der Waals surface area (Å²) in [5.41, 5.74) is 7.94. The molecule has 1 aromatic heterocycles. The van der Waals surface area contributed by atoms with Gasteiger partial charge in [-0.3, -0.25) is 0 Å². The lowest BCUT2D eigenvalue weighted by Crippen LogP contribution is -2.11. The van der Waals surface area contributed by atoms with Crippen LogP contribution in [0.3, 0.4) is 0 Å². The van der Waals surface area contributed by atoms with Crippen LogP contribution in [0.4, 0.5) is 10.1 Å². The van der Waals surface area contributed by atoms with Crippen LogP contribution in [0.2, 0.25) is 0 Å². The molecule has 0 atom stereocenters. The van der Waals surface area contributed by atoms with Crippen molar-refractivity contribution in [2.75, 3.05) is 18.4 Å². The summed E-state index contributed by atoms with van der Waals surface area (Å²) in [5.74, 6) is 1.06. The molecule has 4 nitrogen and oxygen atoms in total. The molecule has 23 heavy (non-hydrogen) atoms. The van der Waals surface area contributed by atoms with E-state index in [0.29, 0.717) is 12.5 Å². The minimum Gasteiger partial charge on any atom is -0.382 e. The SMILES string of the molecule is NCCCNc1cnc(C2CCCC2)nc1-c1cccc(F)c1. The number of aromatic nitrogens is 2. The first-order chi connectivity index (χ1) is 11.3. The van der Waals surface area contributed by atoms with Crippen molar-refractivity contribution < 1.29 is 4.39 Å². The van der Waals surface area contributed by atoms with Gasteiger partial charge in [0.2, 0.25) is 0 Å². The summed E-state index contributed by atoms with van der Waals surface area (Å²) in [7, 11) is 0. The predicted octanol–water partition coefficient (Wildman–Crippen LogP) is 3.70. The summed E-state index contributed by atoms with van der Waals surface area (Å²) >= 11 is 0. The first-order valence-corrected chi connectivity index (χ1v) is 8.35. The maximum absolute atomic E-state index is 13.6. The Labute approximate surface area is 136 Å². The highest BCUT2D eigenvalue weighted by Gasteiger charge is 2.21. The third kappa shape index (κ3) is 3.85. The van der Waals surface area contributed by atoms with Crippen molar-refractivity contribution in [1.82, 2.24) is 9.97 Å². The van der Waals surface area contributed by atoms with Crippen LogP contribution in [0.5, 0.6) is 0 Å². The minimum absolute atomic E-state index is 0.253. The molecule has 1 heterocycles. The van der Waals surface area contributed by atoms with Crippen LogP contribution in [-0.4, -0.2) is 23.1 Å². The Kier molecular flexibility index (Phi) is 5.18. The number of nitrogens with zero attached hydrogens (tertiary/aromatic N) is 2. The molecule has 1 aliphatic rings. The Bertz CT molecular complexity index is 653. The first kappa shape index (κ1) is 15.9. The summed E-state index contributed by atoms with van der Waals surface area (Å²) in [6.45, 7) is 1.38. The molecule has 3 N–H and O–H groups in total. The number of nitrogens with two attached hydrogens (primary N) is 1. The Morgan fingerprint density at radius 1 is 1.26 bits per heavy atom. The van der Waals surface area contributed by atoms with Gasteiger partial charge in [0, 0.05) is 18.0 Å². The molecule has 122 valence electrons. The zero-order chi connectivity index (χ0) is 16.1. The minimum atomic E-state index is -0.253. The van der Waals surface area contributed by atoms with Crippen LogP contribution >= 0.6 is 0 Å². The number of hydrogen-bond acceptors (Lipinski definition) is 4. The molecule has 3 rings (SSSR count). The molecular weight excluding hydrogens is 291 g/mol. The van der Waals surface area contributed by atoms with Gasteiger partial charge in [-0.05, 0) is 37.9 Å². The van der Waals surface area contributed by atoms with Crippen molar-refractivity contribution in [3.8, 4) is 11.3 Å². The molecule has 1 aliphatic carbocycles. The van der Waals surface area contributed by atoms with Crippen molar-refractivity contribution in [3.05, 3.63) is 42.1 Å². The van der Waals surface area contributed by atoms with Crippen molar-refractivity contribution >= 4 is 5.69 Å². The van der Waals surface area contributed by atoms with E-state index in [1.807, 2.05) is 12.3 Å². The summed E-state index contributed by atoms with van der Waals surface area (Å²) in [4.78, 5) is 9.32. The van der Waals surface area contributed by atoms with E-state index in [1.165, 1.54) is 25.0 Å². The van der Waals surface area contributed by atoms with E-state index in [0.717, 1.165) is 48.6 Å². The van der Waals surface area contributed by atoms with E-state index < -0.39 is 0 Å². The molecule has 0 spiro atoms. The first-order valence-electron chi connectivity index (χ1n) is 8.35. The van der Waals surface area contributed by atoms with Crippen molar-refractivity contribution in [2.45, 2.75) is 38.0 Å². The molecule has 0 amide bonds. The third-order valence-electron chi connectivity index (χ3n) is 4.32. The van der Waals surface area contributed by atoms with Gasteiger partial charge in [-0.2, -0.15) is 0 Å². The summed E-state index contributed by atoms with van der Waals surface area (Å²) < 4.78 is 13.6. The van der Waals surface area contributed by atoms with E-state index in [4.69, 9.17) is 10.7 Å². The Morgan fingerprint density at radius 3 is 2.83 bits per heavy atom. The monoisotopic (exact) mass is 314 g/mol. The van der Waals surface area contributed by atoms with Gasteiger partial charge in [-0.25, -0.2) is 14.4 Å². The number of anilines is 1. The molecule has 0 saturated heterocycles. The zero-order valence-electron chi connectivity index (χ0n) is 13.3. The van der Waals surface area contributed by atoms with Gasteiger partial charge in [-0.1, -0.05) is 25.0 Å². The van der Waals surface area contributed by atoms with Crippen molar-refractivity contribution in [3.63, 3.8) is 0 Å². The molecule has 0 unspecified atom stereocenters. The number of benzene rings is 1. The van der Waals surface area contributed by atoms with Crippen molar-refractivity contribution in [1.29, 1.82) is 0 Å². The van der Waals surface area contributed by atoms with Crippen LogP contribution in [0.15, 0.2) is 30.5 Å². The van der Waals surface area contributed by atoms with Gasteiger partial charge in [0.15, 0.2) is 0 Å². The van der Waals surface area contributed by atoms with E-state index in [2.05, 4.69) is 10.3 Å². The number of nitrogens with one attached hydrogen (secondary N) is 1. The average molecular weight is 314 g/mol. The van der Waals surface area contributed by atoms with Gasteiger partial charge in [0.25, 0.3) is 0 Å². The number of rotatable bonds is 6. The van der Waals surface area contributed by atoms with Gasteiger partial charge in [0.1, 0.15) is 11.6 Å². The standard InChI is InChI=1S/C18H23FN4/c19-15-8-3-7-14(11-15)17-16(21-10-4-9-20)12-22-18(23-17)13-5-1-2-6-13/h3,7-8,11-13,21H,1-2,4-6,9-10,20H2. The zero-order valence-corrected chi connectivity index (χ0v) is 13.3. The summed E-state index contributed by atoms with van der Waals surface area (Å²) in [6.07, 6.45) is 7.45. The van der Waals surface area contributed by atoms with Crippen molar-refractivity contribution in [2.24, 2.45) is 5.73 Å². The van der Waals surface area contributed by atoms with Crippen LogP contribution in [0.1, 0.15) is 43.8 Å². The molecular formula is C18H23FN4. The second-order valence-corrected chi connectivity index (χ2v) is 6.05. The fourth-order valence-electron chi connectivity index (χ4n) is 3.09. The van der Waals surface area contributed by atoms with Crippen LogP contribution in [0.25, 0.3) is 11.3 Å². The highest BCUT2D eigenvalue weighted by molar-refractivity contribution is 5.73. The van der Waals surface area contributed by atoms with Gasteiger partial charge >= 0.3 is 0 Å². The fraction of sp³-hybridized carbons (Fsp3) is 0.444. The van der Waals surface area contributed by atoms with Crippen LogP contribution in [-0.2, 0) is 0 Å². The maximum atomic E-state index is 13.6. The number of halogens is 1. The maximum Gasteiger partial charge on any atom is 0.132 e. The summed E-state index contributed by atoms with van der Waals surface area (Å²) in [6, 6.07) is 6.57. The summed E-state index contributed by atoms with van der Waals surface area (Å²) in [5, 5.41) is 3.32. The van der Waals surface area contributed by atoms with E-state index in [1.54, 1.807) is 6.07 Å². The van der Waals surface area contributed by atoms with Crippen LogP contribution < -0.4 is 11.1 Å². The topological polar surface area (TPSA) is 63.8 Å². The second-order valence-electron chi connectivity index (χ2n) is 6.05. The molecule has 0 bridgehead atoms. The quantitative estimate of drug-likeness (QED) is 0.798. The van der Waals surface area contributed by atoms with E-state index >= 15 is 0 Å². The lowest BCUT2D eigenvalue weighted by atomic mass is 10.1. The van der Waals surface area contributed by atoms with Crippen LogP contribution in [0, 0.1) is 5.82 Å². The molecule has 1 aromatic carbocycles. The lowest BCUT2D eigenvalue weighted by molar-refractivity contribution is 0.628. The Balaban J connectivity index is 1.95. The van der Waals surface area contributed by atoms with Gasteiger partial charge in [0.05, 0.1) is 17.6 Å². The highest BCUT2D eigenvalue weighted by atomic mass is 19.1. The largest absolute Gasteiger partial charge is 0.382 e. The van der Waals surface area contributed by atoms with Gasteiger partial charge < -0.3 is 11.1 Å². The smallest absolute Gasteiger partial charge is 0.132 e. The molecule has 2 aromatic rings. The molecule has 1 fully saturated rings. The molecule has 0 aliphatic heterocycles. The van der Waals surface area contributed by atoms with E-state index in [9.17, 15) is 4.39 Å². The lowest BCUT2D eigenvalue weighted by Gasteiger charge is -2.15. The Hall–Kier alpha value is -2.01. The van der Waals surface area contributed by atoms with Gasteiger partial charge in [-0.15, -0.1) is 0 Å². The molecule has 1 saturated carbocycles. The normalized spacial score (nSPS) is 15.0. The Morgan fingerprint density at radius 2 is 2.09 bits per heavy atom.